The van der Waals surface area contributed by atoms with Gasteiger partial charge in [0.15, 0.2) is 5.82 Å². The Morgan fingerprint density at radius 2 is 2.07 bits per heavy atom. The third-order valence-electron chi connectivity index (χ3n) is 4.05. The first-order valence-corrected chi connectivity index (χ1v) is 8.63. The van der Waals surface area contributed by atoms with E-state index < -0.39 is 18.0 Å². The normalized spacial score (nSPS) is 11.9. The number of aromatic nitrogens is 4. The number of hydrogen-bond donors (Lipinski definition) is 2. The van der Waals surface area contributed by atoms with E-state index in [1.54, 1.807) is 51.1 Å². The standard InChI is InChI=1S/C19H20FN5O3/c1-11-4-5-17(18(20)6-11)14-7-15(25-13(3)22-23-24-25)9-16(8-14)28-19(27)21-12(2)10-26/h4-9,12,26H,10H2,1-3H3,(H,21,27)/t12-/m0/s1. The number of nitrogens with zero attached hydrogens (tertiary/aromatic N) is 4. The summed E-state index contributed by atoms with van der Waals surface area (Å²) in [4.78, 5) is 12.0. The van der Waals surface area contributed by atoms with E-state index in [0.29, 0.717) is 22.6 Å². The molecule has 0 saturated heterocycles. The molecule has 1 amide bonds. The van der Waals surface area contributed by atoms with Crippen LogP contribution in [0.15, 0.2) is 36.4 Å². The van der Waals surface area contributed by atoms with Gasteiger partial charge in [0, 0.05) is 11.6 Å². The van der Waals surface area contributed by atoms with E-state index in [0.717, 1.165) is 5.56 Å². The minimum absolute atomic E-state index is 0.185. The number of benzene rings is 2. The Morgan fingerprint density at radius 1 is 1.29 bits per heavy atom. The van der Waals surface area contributed by atoms with Crippen LogP contribution in [0.3, 0.4) is 0 Å². The summed E-state index contributed by atoms with van der Waals surface area (Å²) in [5.74, 6) is 0.311. The summed E-state index contributed by atoms with van der Waals surface area (Å²) in [6, 6.07) is 9.25. The highest BCUT2D eigenvalue weighted by molar-refractivity contribution is 5.74. The maximum atomic E-state index is 14.5. The Kier molecular flexibility index (Phi) is 5.65. The first-order valence-electron chi connectivity index (χ1n) is 8.63. The van der Waals surface area contributed by atoms with Gasteiger partial charge >= 0.3 is 6.09 Å². The molecule has 1 heterocycles. The molecule has 0 fully saturated rings. The summed E-state index contributed by atoms with van der Waals surface area (Å²) in [7, 11) is 0. The van der Waals surface area contributed by atoms with Gasteiger partial charge in [-0.05, 0) is 60.5 Å². The molecule has 2 aromatic carbocycles. The fourth-order valence-electron chi connectivity index (χ4n) is 2.63. The van der Waals surface area contributed by atoms with Crippen LogP contribution in [0.2, 0.25) is 0 Å². The third-order valence-corrected chi connectivity index (χ3v) is 4.05. The number of halogens is 1. The topological polar surface area (TPSA) is 102 Å². The molecule has 8 nitrogen and oxygen atoms in total. The predicted molar refractivity (Wildman–Crippen MR) is 99.7 cm³/mol. The van der Waals surface area contributed by atoms with Crippen LogP contribution < -0.4 is 10.1 Å². The Bertz CT molecular complexity index is 1000. The number of rotatable bonds is 5. The minimum atomic E-state index is -0.734. The summed E-state index contributed by atoms with van der Waals surface area (Å²) in [5.41, 5.74) is 2.16. The monoisotopic (exact) mass is 385 g/mol. The van der Waals surface area contributed by atoms with Gasteiger partial charge < -0.3 is 15.2 Å². The van der Waals surface area contributed by atoms with Crippen LogP contribution in [-0.4, -0.2) is 44.1 Å². The lowest BCUT2D eigenvalue weighted by Crippen LogP contribution is -2.37. The second-order valence-electron chi connectivity index (χ2n) is 6.45. The van der Waals surface area contributed by atoms with Crippen molar-refractivity contribution in [3.63, 3.8) is 0 Å². The van der Waals surface area contributed by atoms with Gasteiger partial charge in [-0.15, -0.1) is 5.10 Å². The van der Waals surface area contributed by atoms with Crippen LogP contribution in [0, 0.1) is 19.7 Å². The molecular formula is C19H20FN5O3. The van der Waals surface area contributed by atoms with Crippen molar-refractivity contribution in [2.45, 2.75) is 26.8 Å². The number of tetrazole rings is 1. The maximum absolute atomic E-state index is 14.5. The summed E-state index contributed by atoms with van der Waals surface area (Å²) in [6.45, 7) is 4.93. The first-order chi connectivity index (χ1) is 13.4. The lowest BCUT2D eigenvalue weighted by molar-refractivity contribution is 0.186. The van der Waals surface area contributed by atoms with Gasteiger partial charge in [-0.3, -0.25) is 0 Å². The van der Waals surface area contributed by atoms with Gasteiger partial charge in [0.25, 0.3) is 0 Å². The Balaban J connectivity index is 2.04. The number of carbonyl (C=O) groups is 1. The average Bonchev–Trinajstić information content (AvgIpc) is 3.07. The average molecular weight is 385 g/mol. The Hall–Kier alpha value is -3.33. The number of aliphatic hydroxyl groups is 1. The second-order valence-corrected chi connectivity index (χ2v) is 6.45. The molecule has 146 valence electrons. The van der Waals surface area contributed by atoms with Crippen molar-refractivity contribution in [1.82, 2.24) is 25.5 Å². The van der Waals surface area contributed by atoms with E-state index in [-0.39, 0.29) is 12.4 Å². The molecule has 1 aromatic heterocycles. The number of aryl methyl sites for hydroxylation is 2. The zero-order chi connectivity index (χ0) is 20.3. The van der Waals surface area contributed by atoms with Crippen molar-refractivity contribution in [2.24, 2.45) is 0 Å². The van der Waals surface area contributed by atoms with Crippen molar-refractivity contribution >= 4 is 6.09 Å². The maximum Gasteiger partial charge on any atom is 0.412 e. The van der Waals surface area contributed by atoms with Gasteiger partial charge in [-0.1, -0.05) is 12.1 Å². The Labute approximate surface area is 161 Å². The number of hydrogen-bond acceptors (Lipinski definition) is 6. The quantitative estimate of drug-likeness (QED) is 0.700. The fourth-order valence-corrected chi connectivity index (χ4v) is 2.63. The zero-order valence-electron chi connectivity index (χ0n) is 15.7. The molecule has 0 aliphatic carbocycles. The number of carbonyl (C=O) groups excluding carboxylic acids is 1. The number of amides is 1. The van der Waals surface area contributed by atoms with Crippen molar-refractivity contribution < 1.29 is 19.0 Å². The lowest BCUT2D eigenvalue weighted by atomic mass is 10.0. The summed E-state index contributed by atoms with van der Waals surface area (Å²) < 4.78 is 21.3. The summed E-state index contributed by atoms with van der Waals surface area (Å²) in [5, 5.41) is 22.9. The van der Waals surface area contributed by atoms with Gasteiger partial charge in [-0.2, -0.15) is 4.68 Å². The highest BCUT2D eigenvalue weighted by Crippen LogP contribution is 2.30. The van der Waals surface area contributed by atoms with Gasteiger partial charge in [0.1, 0.15) is 11.6 Å². The lowest BCUT2D eigenvalue weighted by Gasteiger charge is -2.14. The molecule has 0 unspecified atom stereocenters. The smallest absolute Gasteiger partial charge is 0.410 e. The van der Waals surface area contributed by atoms with Crippen LogP contribution in [0.5, 0.6) is 5.75 Å². The van der Waals surface area contributed by atoms with Crippen LogP contribution in [-0.2, 0) is 0 Å². The van der Waals surface area contributed by atoms with E-state index in [9.17, 15) is 9.18 Å². The molecule has 0 bridgehead atoms. The second kappa shape index (κ2) is 8.13. The molecule has 28 heavy (non-hydrogen) atoms. The highest BCUT2D eigenvalue weighted by Gasteiger charge is 2.15. The Morgan fingerprint density at radius 3 is 2.71 bits per heavy atom. The van der Waals surface area contributed by atoms with Crippen molar-refractivity contribution in [2.75, 3.05) is 6.61 Å². The molecule has 0 aliphatic heterocycles. The van der Waals surface area contributed by atoms with Crippen LogP contribution in [0.1, 0.15) is 18.3 Å². The molecule has 0 radical (unpaired) electrons. The number of ether oxygens (including phenoxy) is 1. The number of nitrogens with one attached hydrogen (secondary N) is 1. The summed E-state index contributed by atoms with van der Waals surface area (Å²) >= 11 is 0. The van der Waals surface area contributed by atoms with Gasteiger partial charge in [0.2, 0.25) is 0 Å². The minimum Gasteiger partial charge on any atom is -0.410 e. The molecule has 3 rings (SSSR count). The zero-order valence-corrected chi connectivity index (χ0v) is 15.7. The molecule has 1 atom stereocenters. The molecule has 0 saturated carbocycles. The predicted octanol–water partition coefficient (Wildman–Crippen LogP) is 2.55. The van der Waals surface area contributed by atoms with E-state index in [2.05, 4.69) is 20.8 Å². The van der Waals surface area contributed by atoms with Crippen molar-refractivity contribution in [1.29, 1.82) is 0 Å². The van der Waals surface area contributed by atoms with Crippen molar-refractivity contribution in [3.8, 4) is 22.6 Å². The molecular weight excluding hydrogens is 365 g/mol. The van der Waals surface area contributed by atoms with E-state index in [1.807, 2.05) is 0 Å². The fraction of sp³-hybridized carbons (Fsp3) is 0.263. The van der Waals surface area contributed by atoms with Crippen LogP contribution in [0.4, 0.5) is 9.18 Å². The van der Waals surface area contributed by atoms with Gasteiger partial charge in [-0.25, -0.2) is 9.18 Å². The molecule has 0 spiro atoms. The highest BCUT2D eigenvalue weighted by atomic mass is 19.1. The van der Waals surface area contributed by atoms with Gasteiger partial charge in [0.05, 0.1) is 18.3 Å². The molecule has 2 N–H and O–H groups in total. The molecule has 0 aliphatic rings. The van der Waals surface area contributed by atoms with Crippen LogP contribution in [0.25, 0.3) is 16.8 Å². The SMILES string of the molecule is Cc1ccc(-c2cc(OC(=O)N[C@@H](C)CO)cc(-n3nnnc3C)c2)c(F)c1. The largest absolute Gasteiger partial charge is 0.412 e. The third kappa shape index (κ3) is 4.32. The van der Waals surface area contributed by atoms with E-state index in [1.165, 1.54) is 10.7 Å². The van der Waals surface area contributed by atoms with E-state index >= 15 is 0 Å². The van der Waals surface area contributed by atoms with Crippen LogP contribution >= 0.6 is 0 Å². The number of aliphatic hydroxyl groups excluding tert-OH is 1. The summed E-state index contributed by atoms with van der Waals surface area (Å²) in [6.07, 6.45) is -0.734. The molecule has 3 aromatic rings. The first kappa shape index (κ1) is 19.4. The molecule has 9 heteroatoms. The van der Waals surface area contributed by atoms with E-state index in [4.69, 9.17) is 9.84 Å². The van der Waals surface area contributed by atoms with Crippen molar-refractivity contribution in [3.05, 3.63) is 53.6 Å².